The first-order valence-corrected chi connectivity index (χ1v) is 7.84. The highest BCUT2D eigenvalue weighted by Crippen LogP contribution is 2.32. The molecule has 0 unspecified atom stereocenters. The quantitative estimate of drug-likeness (QED) is 0.809. The summed E-state index contributed by atoms with van der Waals surface area (Å²) in [4.78, 5) is 14.1. The summed E-state index contributed by atoms with van der Waals surface area (Å²) in [5, 5.41) is 0. The van der Waals surface area contributed by atoms with Crippen LogP contribution in [0.4, 0.5) is 24.5 Å². The first kappa shape index (κ1) is 19.9. The maximum atomic E-state index is 12.5. The average Bonchev–Trinajstić information content (AvgIpc) is 2.59. The number of rotatable bonds is 3. The minimum absolute atomic E-state index is 0. The molecule has 140 valence electrons. The van der Waals surface area contributed by atoms with E-state index in [0.29, 0.717) is 12.2 Å². The Kier molecular flexibility index (Phi) is 6.02. The van der Waals surface area contributed by atoms with Crippen LogP contribution in [-0.4, -0.2) is 19.1 Å². The number of hydrogen-bond donors (Lipinski definition) is 1. The van der Waals surface area contributed by atoms with Crippen molar-refractivity contribution in [3.8, 4) is 5.75 Å². The van der Waals surface area contributed by atoms with E-state index in [2.05, 4.69) is 0 Å². The molecule has 0 spiro atoms. The van der Waals surface area contributed by atoms with Crippen LogP contribution in [0.2, 0.25) is 0 Å². The molecular formula is C18H18ClF3N2O2. The number of alkyl halides is 3. The van der Waals surface area contributed by atoms with Gasteiger partial charge in [0, 0.05) is 17.9 Å². The van der Waals surface area contributed by atoms with E-state index in [1.54, 1.807) is 17.0 Å². The van der Waals surface area contributed by atoms with Crippen LogP contribution in [0.3, 0.4) is 0 Å². The first-order valence-electron chi connectivity index (χ1n) is 7.84. The third-order valence-electron chi connectivity index (χ3n) is 4.13. The van der Waals surface area contributed by atoms with E-state index in [0.717, 1.165) is 36.2 Å². The van der Waals surface area contributed by atoms with Crippen molar-refractivity contribution in [3.05, 3.63) is 53.6 Å². The molecule has 26 heavy (non-hydrogen) atoms. The second kappa shape index (κ2) is 7.86. The van der Waals surface area contributed by atoms with Gasteiger partial charge in [0.15, 0.2) is 6.61 Å². The number of amides is 1. The van der Waals surface area contributed by atoms with E-state index < -0.39 is 11.7 Å². The Bertz CT molecular complexity index is 779. The van der Waals surface area contributed by atoms with E-state index in [9.17, 15) is 18.0 Å². The van der Waals surface area contributed by atoms with Gasteiger partial charge in [-0.2, -0.15) is 13.2 Å². The summed E-state index contributed by atoms with van der Waals surface area (Å²) in [5.74, 6) is -0.0439. The lowest BCUT2D eigenvalue weighted by Crippen LogP contribution is -2.38. The van der Waals surface area contributed by atoms with Gasteiger partial charge in [0.2, 0.25) is 0 Å². The molecule has 4 nitrogen and oxygen atoms in total. The lowest BCUT2D eigenvalue weighted by Gasteiger charge is -2.30. The number of nitrogens with zero attached hydrogens (tertiary/aromatic N) is 1. The second-order valence-corrected chi connectivity index (χ2v) is 5.80. The number of nitrogen functional groups attached to an aromatic ring is 1. The lowest BCUT2D eigenvalue weighted by atomic mass is 10.00. The fourth-order valence-corrected chi connectivity index (χ4v) is 2.87. The molecule has 1 amide bonds. The van der Waals surface area contributed by atoms with Crippen LogP contribution >= 0.6 is 12.4 Å². The number of nitrogens with two attached hydrogens (primary N) is 1. The Hall–Kier alpha value is -2.41. The standard InChI is InChI=1S/C18H17F3N2O2.ClH/c19-18(20,21)12-6-8-13(9-7-12)25-11-17(24)23-10-2-3-14-15(22)4-1-5-16(14)23;/h1,4-9H,2-3,10-11,22H2;1H. The molecule has 0 bridgehead atoms. The van der Waals surface area contributed by atoms with Gasteiger partial charge < -0.3 is 15.4 Å². The lowest BCUT2D eigenvalue weighted by molar-refractivity contribution is -0.137. The van der Waals surface area contributed by atoms with E-state index in [1.807, 2.05) is 6.07 Å². The summed E-state index contributed by atoms with van der Waals surface area (Å²) in [5.41, 5.74) is 7.56. The molecule has 0 saturated heterocycles. The molecule has 0 radical (unpaired) electrons. The number of halogens is 4. The van der Waals surface area contributed by atoms with Crippen LogP contribution in [-0.2, 0) is 17.4 Å². The Morgan fingerprint density at radius 1 is 1.15 bits per heavy atom. The summed E-state index contributed by atoms with van der Waals surface area (Å²) in [6.07, 6.45) is -2.79. The van der Waals surface area contributed by atoms with Gasteiger partial charge in [-0.25, -0.2) is 0 Å². The maximum Gasteiger partial charge on any atom is 0.416 e. The summed E-state index contributed by atoms with van der Waals surface area (Å²) in [6.45, 7) is 0.311. The molecule has 0 aliphatic carbocycles. The minimum atomic E-state index is -4.40. The van der Waals surface area contributed by atoms with Crippen molar-refractivity contribution in [1.82, 2.24) is 0 Å². The molecule has 8 heteroatoms. The SMILES string of the molecule is Cl.Nc1cccc2c1CCCN2C(=O)COc1ccc(C(F)(F)F)cc1. The Morgan fingerprint density at radius 2 is 1.85 bits per heavy atom. The average molecular weight is 387 g/mol. The smallest absolute Gasteiger partial charge is 0.416 e. The van der Waals surface area contributed by atoms with Gasteiger partial charge in [0.25, 0.3) is 5.91 Å². The number of benzene rings is 2. The molecule has 0 saturated carbocycles. The van der Waals surface area contributed by atoms with Gasteiger partial charge in [0.05, 0.1) is 5.56 Å². The number of fused-ring (bicyclic) bond motifs is 1. The molecule has 1 aliphatic heterocycles. The molecule has 0 atom stereocenters. The van der Waals surface area contributed by atoms with Crippen LogP contribution in [0.25, 0.3) is 0 Å². The monoisotopic (exact) mass is 386 g/mol. The van der Waals surface area contributed by atoms with E-state index in [4.69, 9.17) is 10.5 Å². The zero-order chi connectivity index (χ0) is 18.0. The fraction of sp³-hybridized carbons (Fsp3) is 0.278. The van der Waals surface area contributed by atoms with Crippen molar-refractivity contribution >= 4 is 29.7 Å². The summed E-state index contributed by atoms with van der Waals surface area (Å²) >= 11 is 0. The van der Waals surface area contributed by atoms with Gasteiger partial charge in [0.1, 0.15) is 5.75 Å². The number of carbonyl (C=O) groups excluding carboxylic acids is 1. The molecule has 1 heterocycles. The van der Waals surface area contributed by atoms with E-state index in [1.165, 1.54) is 12.1 Å². The number of carbonyl (C=O) groups is 1. The van der Waals surface area contributed by atoms with Crippen molar-refractivity contribution in [2.45, 2.75) is 19.0 Å². The van der Waals surface area contributed by atoms with Crippen LogP contribution in [0.5, 0.6) is 5.75 Å². The zero-order valence-corrected chi connectivity index (χ0v) is 14.6. The topological polar surface area (TPSA) is 55.6 Å². The molecule has 2 aromatic carbocycles. The van der Waals surface area contributed by atoms with Crippen LogP contribution < -0.4 is 15.4 Å². The minimum Gasteiger partial charge on any atom is -0.484 e. The summed E-state index contributed by atoms with van der Waals surface area (Å²) < 4.78 is 43.0. The fourth-order valence-electron chi connectivity index (χ4n) is 2.87. The second-order valence-electron chi connectivity index (χ2n) is 5.80. The molecule has 2 N–H and O–H groups in total. The van der Waals surface area contributed by atoms with Crippen LogP contribution in [0.15, 0.2) is 42.5 Å². The summed E-state index contributed by atoms with van der Waals surface area (Å²) in [6, 6.07) is 9.69. The van der Waals surface area contributed by atoms with Crippen molar-refractivity contribution in [2.24, 2.45) is 0 Å². The molecule has 3 rings (SSSR count). The Balaban J connectivity index is 0.00000243. The van der Waals surface area contributed by atoms with Gasteiger partial charge >= 0.3 is 6.18 Å². The normalized spacial score (nSPS) is 13.6. The van der Waals surface area contributed by atoms with Crippen molar-refractivity contribution < 1.29 is 22.7 Å². The van der Waals surface area contributed by atoms with Gasteiger partial charge in [-0.3, -0.25) is 4.79 Å². The molecule has 0 aromatic heterocycles. The molecule has 0 fully saturated rings. The molecule has 1 aliphatic rings. The van der Waals surface area contributed by atoms with Crippen LogP contribution in [0.1, 0.15) is 17.5 Å². The molecular weight excluding hydrogens is 369 g/mol. The summed E-state index contributed by atoms with van der Waals surface area (Å²) in [7, 11) is 0. The third-order valence-corrected chi connectivity index (χ3v) is 4.13. The first-order chi connectivity index (χ1) is 11.9. The van der Waals surface area contributed by atoms with Crippen LogP contribution in [0, 0.1) is 0 Å². The zero-order valence-electron chi connectivity index (χ0n) is 13.8. The van der Waals surface area contributed by atoms with Gasteiger partial charge in [-0.1, -0.05) is 6.07 Å². The van der Waals surface area contributed by atoms with Crippen molar-refractivity contribution in [1.29, 1.82) is 0 Å². The van der Waals surface area contributed by atoms with Gasteiger partial charge in [-0.15, -0.1) is 12.4 Å². The van der Waals surface area contributed by atoms with E-state index in [-0.39, 0.29) is 30.7 Å². The Labute approximate surface area is 155 Å². The highest BCUT2D eigenvalue weighted by atomic mass is 35.5. The van der Waals surface area contributed by atoms with Crippen molar-refractivity contribution in [2.75, 3.05) is 23.8 Å². The number of ether oxygens (including phenoxy) is 1. The van der Waals surface area contributed by atoms with Crippen molar-refractivity contribution in [3.63, 3.8) is 0 Å². The van der Waals surface area contributed by atoms with Gasteiger partial charge in [-0.05, 0) is 54.8 Å². The molecule has 2 aromatic rings. The van der Waals surface area contributed by atoms with E-state index >= 15 is 0 Å². The largest absolute Gasteiger partial charge is 0.484 e. The number of anilines is 2. The maximum absolute atomic E-state index is 12.5. The third kappa shape index (κ3) is 4.22. The highest BCUT2D eigenvalue weighted by Gasteiger charge is 2.30. The Morgan fingerprint density at radius 3 is 2.50 bits per heavy atom. The predicted molar refractivity (Wildman–Crippen MR) is 95.7 cm³/mol. The highest BCUT2D eigenvalue weighted by molar-refractivity contribution is 5.96. The number of hydrogen-bond acceptors (Lipinski definition) is 3. The predicted octanol–water partition coefficient (Wildman–Crippen LogP) is 4.07.